The smallest absolute Gasteiger partial charge is 0.331 e. The zero-order valence-electron chi connectivity index (χ0n) is 16.1. The summed E-state index contributed by atoms with van der Waals surface area (Å²) in [6.07, 6.45) is 1.59. The van der Waals surface area contributed by atoms with E-state index in [2.05, 4.69) is 5.32 Å². The van der Waals surface area contributed by atoms with Crippen LogP contribution in [0.4, 0.5) is 11.4 Å². The Balaban J connectivity index is 1.96. The van der Waals surface area contributed by atoms with E-state index in [4.69, 9.17) is 14.2 Å². The lowest BCUT2D eigenvalue weighted by molar-refractivity contribution is -0.384. The van der Waals surface area contributed by atoms with Gasteiger partial charge in [0.1, 0.15) is 0 Å². The SMILES string of the molecule is COc1ccc(/C=C/C(=O)O[C@H](C)C(=O)Nc2cccc([N+](=O)[O-])c2)cc1OC. The van der Waals surface area contributed by atoms with Gasteiger partial charge in [0.25, 0.3) is 11.6 Å². The van der Waals surface area contributed by atoms with Gasteiger partial charge in [-0.05, 0) is 36.8 Å². The van der Waals surface area contributed by atoms with Crippen molar-refractivity contribution in [3.63, 3.8) is 0 Å². The Kier molecular flexibility index (Phi) is 7.30. The molecule has 0 spiro atoms. The summed E-state index contributed by atoms with van der Waals surface area (Å²) in [6, 6.07) is 10.6. The number of esters is 1. The van der Waals surface area contributed by atoms with Crippen LogP contribution in [0.25, 0.3) is 6.08 Å². The van der Waals surface area contributed by atoms with Crippen LogP contribution in [0.15, 0.2) is 48.5 Å². The maximum atomic E-state index is 12.1. The molecule has 2 aromatic carbocycles. The number of nitro benzene ring substituents is 1. The van der Waals surface area contributed by atoms with Gasteiger partial charge in [-0.2, -0.15) is 0 Å². The van der Waals surface area contributed by atoms with E-state index < -0.39 is 22.9 Å². The molecule has 9 nitrogen and oxygen atoms in total. The zero-order chi connectivity index (χ0) is 21.4. The predicted molar refractivity (Wildman–Crippen MR) is 106 cm³/mol. The Morgan fingerprint density at radius 1 is 1.10 bits per heavy atom. The molecule has 0 saturated heterocycles. The summed E-state index contributed by atoms with van der Waals surface area (Å²) in [7, 11) is 3.02. The van der Waals surface area contributed by atoms with Gasteiger partial charge in [0.05, 0.1) is 19.1 Å². The summed E-state index contributed by atoms with van der Waals surface area (Å²) in [6.45, 7) is 1.40. The largest absolute Gasteiger partial charge is 0.493 e. The lowest BCUT2D eigenvalue weighted by Gasteiger charge is -2.12. The number of non-ortho nitro benzene ring substituents is 1. The monoisotopic (exact) mass is 400 g/mol. The molecule has 29 heavy (non-hydrogen) atoms. The Hall–Kier alpha value is -3.88. The molecule has 0 aromatic heterocycles. The number of methoxy groups -OCH3 is 2. The molecule has 2 aromatic rings. The number of nitrogens with one attached hydrogen (secondary N) is 1. The summed E-state index contributed by atoms with van der Waals surface area (Å²) >= 11 is 0. The fraction of sp³-hybridized carbons (Fsp3) is 0.200. The molecule has 9 heteroatoms. The van der Waals surface area contributed by atoms with Crippen molar-refractivity contribution in [3.8, 4) is 11.5 Å². The van der Waals surface area contributed by atoms with Crippen LogP contribution in [0.3, 0.4) is 0 Å². The van der Waals surface area contributed by atoms with Gasteiger partial charge in [-0.1, -0.05) is 12.1 Å². The Morgan fingerprint density at radius 3 is 2.48 bits per heavy atom. The van der Waals surface area contributed by atoms with E-state index in [0.717, 1.165) is 0 Å². The van der Waals surface area contributed by atoms with Crippen LogP contribution < -0.4 is 14.8 Å². The second-order valence-electron chi connectivity index (χ2n) is 5.82. The molecule has 0 aliphatic carbocycles. The van der Waals surface area contributed by atoms with Crippen LogP contribution in [-0.4, -0.2) is 37.1 Å². The number of rotatable bonds is 8. The van der Waals surface area contributed by atoms with Crippen molar-refractivity contribution in [2.24, 2.45) is 0 Å². The molecule has 0 aliphatic heterocycles. The predicted octanol–water partition coefficient (Wildman–Crippen LogP) is 3.20. The average Bonchev–Trinajstić information content (AvgIpc) is 2.72. The minimum absolute atomic E-state index is 0.162. The van der Waals surface area contributed by atoms with Gasteiger partial charge in [-0.15, -0.1) is 0 Å². The van der Waals surface area contributed by atoms with Crippen molar-refractivity contribution in [1.82, 2.24) is 0 Å². The molecule has 0 saturated carbocycles. The summed E-state index contributed by atoms with van der Waals surface area (Å²) < 4.78 is 15.4. The van der Waals surface area contributed by atoms with Crippen molar-refractivity contribution in [2.75, 3.05) is 19.5 Å². The van der Waals surface area contributed by atoms with E-state index in [9.17, 15) is 19.7 Å². The highest BCUT2D eigenvalue weighted by atomic mass is 16.6. The first-order valence-electron chi connectivity index (χ1n) is 8.50. The molecule has 2 rings (SSSR count). The highest BCUT2D eigenvalue weighted by Crippen LogP contribution is 2.28. The third-order valence-corrected chi connectivity index (χ3v) is 3.81. The van der Waals surface area contributed by atoms with Gasteiger partial charge in [0.15, 0.2) is 17.6 Å². The number of nitro groups is 1. The van der Waals surface area contributed by atoms with Gasteiger partial charge in [-0.25, -0.2) is 4.79 Å². The molecule has 1 atom stereocenters. The van der Waals surface area contributed by atoms with Crippen molar-refractivity contribution in [3.05, 3.63) is 64.2 Å². The van der Waals surface area contributed by atoms with Gasteiger partial charge in [0, 0.05) is 23.9 Å². The standard InChI is InChI=1S/C20H20N2O7/c1-13(20(24)21-15-5-4-6-16(12-15)22(25)26)29-19(23)10-8-14-7-9-17(27-2)18(11-14)28-3/h4-13H,1-3H3,(H,21,24)/b10-8+/t13-/m1/s1. The fourth-order valence-corrected chi connectivity index (χ4v) is 2.33. The third-order valence-electron chi connectivity index (χ3n) is 3.81. The molecule has 0 aliphatic rings. The van der Waals surface area contributed by atoms with Crippen LogP contribution in [0.1, 0.15) is 12.5 Å². The molecule has 152 valence electrons. The first kappa shape index (κ1) is 21.4. The topological polar surface area (TPSA) is 117 Å². The van der Waals surface area contributed by atoms with Crippen molar-refractivity contribution in [2.45, 2.75) is 13.0 Å². The first-order chi connectivity index (χ1) is 13.8. The van der Waals surface area contributed by atoms with E-state index in [1.54, 1.807) is 18.2 Å². The third kappa shape index (κ3) is 6.06. The molecule has 0 radical (unpaired) electrons. The van der Waals surface area contributed by atoms with E-state index in [1.165, 1.54) is 57.6 Å². The number of anilines is 1. The first-order valence-corrected chi connectivity index (χ1v) is 8.50. The second kappa shape index (κ2) is 9.88. The maximum Gasteiger partial charge on any atom is 0.331 e. The van der Waals surface area contributed by atoms with E-state index in [0.29, 0.717) is 17.1 Å². The Labute approximate surface area is 167 Å². The van der Waals surface area contributed by atoms with E-state index in [-0.39, 0.29) is 11.4 Å². The van der Waals surface area contributed by atoms with Crippen LogP contribution >= 0.6 is 0 Å². The van der Waals surface area contributed by atoms with E-state index >= 15 is 0 Å². The lowest BCUT2D eigenvalue weighted by atomic mass is 10.2. The number of hydrogen-bond donors (Lipinski definition) is 1. The normalized spacial score (nSPS) is 11.6. The lowest BCUT2D eigenvalue weighted by Crippen LogP contribution is -2.29. The molecule has 1 amide bonds. The summed E-state index contributed by atoms with van der Waals surface area (Å²) in [4.78, 5) is 34.3. The summed E-state index contributed by atoms with van der Waals surface area (Å²) in [5, 5.41) is 13.3. The van der Waals surface area contributed by atoms with Gasteiger partial charge >= 0.3 is 5.97 Å². The minimum Gasteiger partial charge on any atom is -0.493 e. The van der Waals surface area contributed by atoms with E-state index in [1.807, 2.05) is 0 Å². The van der Waals surface area contributed by atoms with Crippen LogP contribution in [0.2, 0.25) is 0 Å². The molecule has 0 fully saturated rings. The van der Waals surface area contributed by atoms with Gasteiger partial charge in [-0.3, -0.25) is 14.9 Å². The number of nitrogens with zero attached hydrogens (tertiary/aromatic N) is 1. The second-order valence-corrected chi connectivity index (χ2v) is 5.82. The molecule has 0 bridgehead atoms. The summed E-state index contributed by atoms with van der Waals surface area (Å²) in [5.41, 5.74) is 0.742. The molecule has 1 N–H and O–H groups in total. The number of ether oxygens (including phenoxy) is 3. The quantitative estimate of drug-likeness (QED) is 0.313. The van der Waals surface area contributed by atoms with Crippen LogP contribution in [0, 0.1) is 10.1 Å². The van der Waals surface area contributed by atoms with Gasteiger partial charge < -0.3 is 19.5 Å². The minimum atomic E-state index is -1.10. The molecular formula is C20H20N2O7. The number of carbonyl (C=O) groups excluding carboxylic acids is 2. The van der Waals surface area contributed by atoms with Crippen molar-refractivity contribution >= 4 is 29.3 Å². The van der Waals surface area contributed by atoms with Crippen LogP contribution in [-0.2, 0) is 14.3 Å². The average molecular weight is 400 g/mol. The fourth-order valence-electron chi connectivity index (χ4n) is 2.33. The number of amides is 1. The molecule has 0 heterocycles. The zero-order valence-corrected chi connectivity index (χ0v) is 16.1. The Morgan fingerprint density at radius 2 is 1.83 bits per heavy atom. The molecular weight excluding hydrogens is 380 g/mol. The highest BCUT2D eigenvalue weighted by molar-refractivity contribution is 5.96. The number of hydrogen-bond acceptors (Lipinski definition) is 7. The molecule has 0 unspecified atom stereocenters. The van der Waals surface area contributed by atoms with Gasteiger partial charge in [0.2, 0.25) is 0 Å². The Bertz CT molecular complexity index is 940. The van der Waals surface area contributed by atoms with Crippen molar-refractivity contribution in [1.29, 1.82) is 0 Å². The summed E-state index contributed by atoms with van der Waals surface area (Å²) in [5.74, 6) is -0.272. The number of benzene rings is 2. The maximum absolute atomic E-state index is 12.1. The van der Waals surface area contributed by atoms with Crippen LogP contribution in [0.5, 0.6) is 11.5 Å². The highest BCUT2D eigenvalue weighted by Gasteiger charge is 2.17. The van der Waals surface area contributed by atoms with Crippen molar-refractivity contribution < 1.29 is 28.7 Å². The number of carbonyl (C=O) groups is 2.